The molecule has 0 N–H and O–H groups in total. The predicted octanol–water partition coefficient (Wildman–Crippen LogP) is 3.94. The van der Waals surface area contributed by atoms with Gasteiger partial charge in [-0.25, -0.2) is 0 Å². The summed E-state index contributed by atoms with van der Waals surface area (Å²) in [6, 6.07) is 7.66. The first-order valence-electron chi connectivity index (χ1n) is 7.07. The third-order valence-corrected chi connectivity index (χ3v) is 4.04. The van der Waals surface area contributed by atoms with E-state index in [-0.39, 0.29) is 6.04 Å². The van der Waals surface area contributed by atoms with E-state index in [0.717, 1.165) is 18.7 Å². The highest BCUT2D eigenvalue weighted by molar-refractivity contribution is 6.30. The van der Waals surface area contributed by atoms with Crippen LogP contribution in [0.2, 0.25) is 5.02 Å². The molecule has 20 heavy (non-hydrogen) atoms. The molecular weight excluding hydrogens is 274 g/mol. The Morgan fingerprint density at radius 3 is 2.75 bits per heavy atom. The van der Waals surface area contributed by atoms with Gasteiger partial charge in [-0.05, 0) is 51.1 Å². The fourth-order valence-electron chi connectivity index (χ4n) is 2.60. The number of likely N-dealkylation sites (tertiary alicyclic amines) is 1. The predicted molar refractivity (Wildman–Crippen MR) is 78.6 cm³/mol. The van der Waals surface area contributed by atoms with Crippen LogP contribution in [0, 0.1) is 0 Å². The molecule has 2 aromatic rings. The zero-order valence-electron chi connectivity index (χ0n) is 11.6. The maximum atomic E-state index is 5.99. The molecule has 1 aliphatic rings. The van der Waals surface area contributed by atoms with Gasteiger partial charge in [0.15, 0.2) is 0 Å². The Morgan fingerprint density at radius 2 is 2.00 bits per heavy atom. The molecule has 4 nitrogen and oxygen atoms in total. The van der Waals surface area contributed by atoms with Gasteiger partial charge in [0.1, 0.15) is 0 Å². The van der Waals surface area contributed by atoms with Crippen molar-refractivity contribution < 1.29 is 4.42 Å². The smallest absolute Gasteiger partial charge is 0.247 e. The number of piperidine rings is 1. The van der Waals surface area contributed by atoms with Crippen molar-refractivity contribution in [2.24, 2.45) is 0 Å². The van der Waals surface area contributed by atoms with Crippen LogP contribution in [0.4, 0.5) is 0 Å². The first-order valence-corrected chi connectivity index (χ1v) is 7.45. The van der Waals surface area contributed by atoms with Crippen molar-refractivity contribution >= 4 is 11.6 Å². The number of halogens is 1. The summed E-state index contributed by atoms with van der Waals surface area (Å²) >= 11 is 5.99. The van der Waals surface area contributed by atoms with Crippen molar-refractivity contribution in [2.75, 3.05) is 13.1 Å². The zero-order valence-corrected chi connectivity index (χ0v) is 12.3. The summed E-state index contributed by atoms with van der Waals surface area (Å²) in [5.74, 6) is 1.22. The summed E-state index contributed by atoms with van der Waals surface area (Å²) in [6.45, 7) is 4.34. The van der Waals surface area contributed by atoms with Crippen LogP contribution < -0.4 is 0 Å². The van der Waals surface area contributed by atoms with E-state index in [1.165, 1.54) is 19.3 Å². The maximum Gasteiger partial charge on any atom is 0.247 e. The van der Waals surface area contributed by atoms with Crippen molar-refractivity contribution in [3.05, 3.63) is 35.2 Å². The molecule has 0 bridgehead atoms. The van der Waals surface area contributed by atoms with E-state index >= 15 is 0 Å². The lowest BCUT2D eigenvalue weighted by Crippen LogP contribution is -2.32. The summed E-state index contributed by atoms with van der Waals surface area (Å²) in [7, 11) is 0. The molecule has 1 saturated heterocycles. The number of hydrogen-bond acceptors (Lipinski definition) is 4. The second-order valence-corrected chi connectivity index (χ2v) is 5.66. The molecule has 5 heteroatoms. The summed E-state index contributed by atoms with van der Waals surface area (Å²) in [4.78, 5) is 2.40. The van der Waals surface area contributed by atoms with Crippen LogP contribution in [0.1, 0.15) is 38.1 Å². The van der Waals surface area contributed by atoms with E-state index in [0.29, 0.717) is 16.8 Å². The molecule has 2 heterocycles. The summed E-state index contributed by atoms with van der Waals surface area (Å²) in [6.07, 6.45) is 3.82. The van der Waals surface area contributed by atoms with Crippen molar-refractivity contribution in [3.63, 3.8) is 0 Å². The van der Waals surface area contributed by atoms with Gasteiger partial charge < -0.3 is 4.42 Å². The molecule has 0 spiro atoms. The average molecular weight is 292 g/mol. The molecule has 1 unspecified atom stereocenters. The minimum absolute atomic E-state index is 0.177. The van der Waals surface area contributed by atoms with Gasteiger partial charge in [-0.3, -0.25) is 4.90 Å². The molecule has 1 aliphatic heterocycles. The summed E-state index contributed by atoms with van der Waals surface area (Å²) in [5, 5.41) is 9.01. The van der Waals surface area contributed by atoms with Crippen LogP contribution in [0.3, 0.4) is 0 Å². The van der Waals surface area contributed by atoms with Gasteiger partial charge in [-0.1, -0.05) is 24.1 Å². The molecule has 1 aromatic heterocycles. The summed E-state index contributed by atoms with van der Waals surface area (Å²) in [5.41, 5.74) is 0.863. The van der Waals surface area contributed by atoms with E-state index in [2.05, 4.69) is 22.0 Å². The van der Waals surface area contributed by atoms with Gasteiger partial charge in [0, 0.05) is 10.6 Å². The third kappa shape index (κ3) is 2.86. The Balaban J connectivity index is 1.79. The van der Waals surface area contributed by atoms with Crippen LogP contribution in [-0.4, -0.2) is 28.2 Å². The van der Waals surface area contributed by atoms with E-state index < -0.39 is 0 Å². The molecule has 0 radical (unpaired) electrons. The van der Waals surface area contributed by atoms with E-state index in [4.69, 9.17) is 16.0 Å². The monoisotopic (exact) mass is 291 g/mol. The molecule has 0 amide bonds. The van der Waals surface area contributed by atoms with Gasteiger partial charge in [0.25, 0.3) is 0 Å². The number of hydrogen-bond donors (Lipinski definition) is 0. The second-order valence-electron chi connectivity index (χ2n) is 5.23. The quantitative estimate of drug-likeness (QED) is 0.859. The number of nitrogens with zero attached hydrogens (tertiary/aromatic N) is 3. The lowest BCUT2D eigenvalue weighted by atomic mass is 10.1. The maximum absolute atomic E-state index is 5.99. The lowest BCUT2D eigenvalue weighted by molar-refractivity contribution is 0.153. The third-order valence-electron chi connectivity index (χ3n) is 3.81. The van der Waals surface area contributed by atoms with Gasteiger partial charge in [0.05, 0.1) is 6.04 Å². The van der Waals surface area contributed by atoms with Gasteiger partial charge in [0.2, 0.25) is 11.8 Å². The van der Waals surface area contributed by atoms with Crippen LogP contribution in [-0.2, 0) is 0 Å². The van der Waals surface area contributed by atoms with Crippen molar-refractivity contribution in [2.45, 2.75) is 32.2 Å². The Labute approximate surface area is 123 Å². The molecule has 1 atom stereocenters. The number of rotatable bonds is 3. The van der Waals surface area contributed by atoms with Crippen LogP contribution in [0.15, 0.2) is 28.7 Å². The minimum atomic E-state index is 0.177. The molecule has 3 rings (SSSR count). The first kappa shape index (κ1) is 13.6. The Hall–Kier alpha value is -1.39. The highest BCUT2D eigenvalue weighted by atomic mass is 35.5. The minimum Gasteiger partial charge on any atom is -0.419 e. The van der Waals surface area contributed by atoms with Crippen molar-refractivity contribution in [1.29, 1.82) is 0 Å². The van der Waals surface area contributed by atoms with E-state index in [1.807, 2.05) is 24.3 Å². The fourth-order valence-corrected chi connectivity index (χ4v) is 2.79. The molecule has 0 saturated carbocycles. The molecular formula is C15H18ClN3O. The van der Waals surface area contributed by atoms with Crippen molar-refractivity contribution in [1.82, 2.24) is 15.1 Å². The fraction of sp³-hybridized carbons (Fsp3) is 0.467. The highest BCUT2D eigenvalue weighted by Crippen LogP contribution is 2.27. The molecule has 0 aliphatic carbocycles. The van der Waals surface area contributed by atoms with E-state index in [1.54, 1.807) is 0 Å². The van der Waals surface area contributed by atoms with Gasteiger partial charge in [-0.15, -0.1) is 10.2 Å². The SMILES string of the molecule is CC(c1nnc(-c2cccc(Cl)c2)o1)N1CCCCC1. The van der Waals surface area contributed by atoms with E-state index in [9.17, 15) is 0 Å². The largest absolute Gasteiger partial charge is 0.419 e. The van der Waals surface area contributed by atoms with Crippen molar-refractivity contribution in [3.8, 4) is 11.5 Å². The highest BCUT2D eigenvalue weighted by Gasteiger charge is 2.23. The average Bonchev–Trinajstić information content (AvgIpc) is 2.97. The zero-order chi connectivity index (χ0) is 13.9. The number of aromatic nitrogens is 2. The van der Waals surface area contributed by atoms with Crippen LogP contribution >= 0.6 is 11.6 Å². The molecule has 106 valence electrons. The van der Waals surface area contributed by atoms with Gasteiger partial charge >= 0.3 is 0 Å². The van der Waals surface area contributed by atoms with Gasteiger partial charge in [-0.2, -0.15) is 0 Å². The molecule has 1 fully saturated rings. The summed E-state index contributed by atoms with van der Waals surface area (Å²) < 4.78 is 5.82. The topological polar surface area (TPSA) is 42.2 Å². The Morgan fingerprint density at radius 1 is 1.20 bits per heavy atom. The lowest BCUT2D eigenvalue weighted by Gasteiger charge is -2.30. The first-order chi connectivity index (χ1) is 9.74. The number of benzene rings is 1. The van der Waals surface area contributed by atoms with Crippen LogP contribution in [0.25, 0.3) is 11.5 Å². The van der Waals surface area contributed by atoms with Crippen LogP contribution in [0.5, 0.6) is 0 Å². The second kappa shape index (κ2) is 5.94. The molecule has 1 aromatic carbocycles. The Bertz CT molecular complexity index is 578. The normalized spacial score (nSPS) is 18.1. The standard InChI is InChI=1S/C15H18ClN3O/c1-11(19-8-3-2-4-9-19)14-17-18-15(20-14)12-6-5-7-13(16)10-12/h5-7,10-11H,2-4,8-9H2,1H3. The Kier molecular flexibility index (Phi) is 4.03.